The number of phenols is 2. The van der Waals surface area contributed by atoms with Gasteiger partial charge in [0.05, 0.1) is 36.5 Å². The van der Waals surface area contributed by atoms with Crippen LogP contribution in [0, 0.1) is 70.0 Å². The molecule has 0 aromatic heterocycles. The number of nitrogens with zero attached hydrogens (tertiary/aromatic N) is 1. The number of aliphatic hydroxyl groups is 4. The monoisotopic (exact) mass is 1220 g/mol. The molecule has 0 radical (unpaired) electrons. The van der Waals surface area contributed by atoms with Gasteiger partial charge in [0, 0.05) is 78.8 Å². The molecule has 4 aliphatic heterocycles. The summed E-state index contributed by atoms with van der Waals surface area (Å²) in [5.74, 6) is 17.0. The van der Waals surface area contributed by atoms with Crippen molar-refractivity contribution in [1.82, 2.24) is 16.0 Å². The molecule has 14 unspecified atom stereocenters. The van der Waals surface area contributed by atoms with Crippen molar-refractivity contribution in [3.63, 3.8) is 0 Å². The quantitative estimate of drug-likeness (QED) is 0.0587. The average molecular weight is 1220 g/mol. The lowest BCUT2D eigenvalue weighted by atomic mass is 9.55. The second-order valence-corrected chi connectivity index (χ2v) is 29.4. The fourth-order valence-electron chi connectivity index (χ4n) is 16.8. The lowest BCUT2D eigenvalue weighted by Crippen LogP contribution is -2.62. The van der Waals surface area contributed by atoms with Crippen molar-refractivity contribution in [2.45, 2.75) is 178 Å². The van der Waals surface area contributed by atoms with Gasteiger partial charge in [0.25, 0.3) is 0 Å². The molecule has 3 aromatic rings. The Morgan fingerprint density at radius 2 is 1.70 bits per heavy atom. The first-order chi connectivity index (χ1) is 41.6. The molecule has 12 rings (SSSR count). The van der Waals surface area contributed by atoms with E-state index in [-0.39, 0.29) is 109 Å². The number of phenolic OH excluding ortho intramolecular Hbond substituents is 2. The number of likely N-dealkylation sites (N-methyl/N-ethyl adjacent to an activating group) is 1. The Morgan fingerprint density at radius 3 is 2.50 bits per heavy atom. The number of aryl methyl sites for hydroxylation is 2. The molecule has 86 heavy (non-hydrogen) atoms. The number of aliphatic hydroxyl groups excluding tert-OH is 4. The summed E-state index contributed by atoms with van der Waals surface area (Å²) in [4.78, 5) is 18.6. The van der Waals surface area contributed by atoms with Crippen LogP contribution in [0.1, 0.15) is 149 Å². The van der Waals surface area contributed by atoms with Crippen molar-refractivity contribution >= 4 is 33.3 Å². The fraction of sp³-hybridized carbons (Fsp3) is 0.647. The van der Waals surface area contributed by atoms with E-state index in [1.165, 1.54) is 17.2 Å². The van der Waals surface area contributed by atoms with Gasteiger partial charge in [-0.25, -0.2) is 4.99 Å². The first-order valence-corrected chi connectivity index (χ1v) is 34.2. The molecule has 9 aliphatic rings. The van der Waals surface area contributed by atoms with Crippen LogP contribution in [0.4, 0.5) is 0 Å². The lowest BCUT2D eigenvalue weighted by Gasteiger charge is -2.54. The molecule has 0 amide bonds. The highest BCUT2D eigenvalue weighted by Gasteiger charge is 2.60. The zero-order chi connectivity index (χ0) is 60.3. The van der Waals surface area contributed by atoms with Crippen LogP contribution in [-0.2, 0) is 41.6 Å². The minimum atomic E-state index is -1.28. The predicted octanol–water partition coefficient (Wildman–Crippen LogP) is 7.80. The number of aromatic hydroxyl groups is 2. The first kappa shape index (κ1) is 62.7. The van der Waals surface area contributed by atoms with Crippen molar-refractivity contribution < 1.29 is 54.4 Å². The summed E-state index contributed by atoms with van der Waals surface area (Å²) in [6.45, 7) is 4.49. The smallest absolute Gasteiger partial charge is 0.201 e. The molecule has 466 valence electrons. The highest BCUT2D eigenvalue weighted by atomic mass is 33.1. The normalized spacial score (nSPS) is 33.4. The number of fused-ring (bicyclic) bond motifs is 7. The molecular weight excluding hydrogens is 1130 g/mol. The number of hydrogen-bond acceptors (Lipinski definition) is 18. The number of benzene rings is 3. The van der Waals surface area contributed by atoms with E-state index in [1.807, 2.05) is 19.2 Å². The van der Waals surface area contributed by atoms with Crippen LogP contribution in [0.15, 0.2) is 41.4 Å². The summed E-state index contributed by atoms with van der Waals surface area (Å²) >= 11 is 0. The summed E-state index contributed by atoms with van der Waals surface area (Å²) in [6, 6.07) is 10.8. The molecular formula is C68H91N5O11S2. The molecule has 3 saturated carbocycles. The van der Waals surface area contributed by atoms with Gasteiger partial charge in [-0.2, -0.15) is 0 Å². The lowest BCUT2D eigenvalue weighted by molar-refractivity contribution is -0.121. The maximum atomic E-state index is 13.5. The number of nitrogens with one attached hydrogen (secondary N) is 3. The van der Waals surface area contributed by atoms with Crippen LogP contribution in [0.3, 0.4) is 0 Å². The van der Waals surface area contributed by atoms with Gasteiger partial charge in [0.1, 0.15) is 18.3 Å². The summed E-state index contributed by atoms with van der Waals surface area (Å²) in [5.41, 5.74) is 12.6. The van der Waals surface area contributed by atoms with Crippen LogP contribution in [0.25, 0.3) is 0 Å². The number of nitrogens with two attached hydrogens (primary N) is 1. The standard InChI is InChI=1S/C68H91N5O11S2/c1-40(2)58-35-86-85-34-56-55-30-54-42-10-16-50(77)28-49(76)15-9-41-12-19-59(79)62(83-39-75)52(41)7-5-6-44(26-42)61(63(54)84-64(55)80)82-38-71-68-37-67(25-24-66(36-67)22-20-46(32-70-3)53-29-51(78)17-11-45(53)31-66)23-21-48(68)27-43(60(33-74)81-4)8-13-47(68)14-18-57(56)72-65(69)73-58/h11-12,17,19,26,29,40,43,46-48,50,55-58,60,64,70-71,74-75,77-80H,6,8-10,13,15-16,20-25,27-28,30-39H2,1-4H3,(H3,69,72,73). The fourth-order valence-corrected chi connectivity index (χ4v) is 19.7. The zero-order valence-electron chi connectivity index (χ0n) is 50.6. The Kier molecular flexibility index (Phi) is 19.8. The zero-order valence-corrected chi connectivity index (χ0v) is 52.3. The van der Waals surface area contributed by atoms with E-state index in [0.29, 0.717) is 70.8 Å². The number of ether oxygens (including phenoxy) is 4. The van der Waals surface area contributed by atoms with E-state index >= 15 is 0 Å². The van der Waals surface area contributed by atoms with Crippen LogP contribution < -0.4 is 35.9 Å². The number of guanidine groups is 1. The summed E-state index contributed by atoms with van der Waals surface area (Å²) in [6.07, 6.45) is 10.8. The molecule has 3 spiro atoms. The minimum absolute atomic E-state index is 0.0196. The van der Waals surface area contributed by atoms with E-state index < -0.39 is 36.7 Å². The van der Waals surface area contributed by atoms with Gasteiger partial charge < -0.3 is 66.0 Å². The van der Waals surface area contributed by atoms with Crippen molar-refractivity contribution in [3.8, 4) is 52.4 Å². The van der Waals surface area contributed by atoms with Crippen LogP contribution in [0.5, 0.6) is 28.7 Å². The third kappa shape index (κ3) is 13.2. The second-order valence-electron chi connectivity index (χ2n) is 26.8. The average Bonchev–Trinajstić information content (AvgIpc) is 1.54. The van der Waals surface area contributed by atoms with Gasteiger partial charge in [-0.1, -0.05) is 77.3 Å². The van der Waals surface area contributed by atoms with Crippen LogP contribution in [0.2, 0.25) is 0 Å². The number of Topliss-reactive ketones (excluding diaryl/α,β-unsaturated/α-hetero) is 1. The molecule has 3 fully saturated rings. The van der Waals surface area contributed by atoms with Gasteiger partial charge in [-0.3, -0.25) is 10.1 Å². The van der Waals surface area contributed by atoms with Crippen molar-refractivity contribution in [1.29, 1.82) is 0 Å². The molecule has 4 heterocycles. The number of aliphatic imine (C=N–C) groups is 1. The number of carbonyl (C=O) groups is 1. The third-order valence-electron chi connectivity index (χ3n) is 21.3. The Labute approximate surface area is 516 Å². The van der Waals surface area contributed by atoms with Crippen LogP contribution in [-0.4, -0.2) is 131 Å². The Balaban J connectivity index is 1.07. The second kappa shape index (κ2) is 27.1. The SMILES string of the molecule is CNCC1CCC2(CCC3(CCC4CC(C(CO)OC)CCC5C#CC6NC(N)=NC(C(C)C)CSSCC6C6Cc7c8cc(c(c7OC6O)OCNC54C3)CC#Cc3c(ccc(O)c3OCO)CCC(=O)CC(O)CC8)C2)Cc2ccc(O)cc21. The Morgan fingerprint density at radius 1 is 0.884 bits per heavy atom. The third-order valence-corrected chi connectivity index (χ3v) is 23.8. The minimum Gasteiger partial charge on any atom is -0.508 e. The molecule has 14 atom stereocenters. The molecule has 6 bridgehead atoms. The predicted molar refractivity (Wildman–Crippen MR) is 336 cm³/mol. The first-order valence-electron chi connectivity index (χ1n) is 31.7. The van der Waals surface area contributed by atoms with Gasteiger partial charge in [0.2, 0.25) is 6.29 Å². The van der Waals surface area contributed by atoms with Gasteiger partial charge >= 0.3 is 0 Å². The van der Waals surface area contributed by atoms with Gasteiger partial charge in [0.15, 0.2) is 35.8 Å². The maximum absolute atomic E-state index is 13.5. The number of methoxy groups -OCH3 is 1. The number of carbonyl (C=O) groups excluding carboxylic acids is 1. The van der Waals surface area contributed by atoms with Crippen molar-refractivity contribution in [3.05, 3.63) is 75.3 Å². The number of rotatable bonds is 8. The molecule has 16 nitrogen and oxygen atoms in total. The Hall–Kier alpha value is -4.86. The molecule has 5 aliphatic carbocycles. The summed E-state index contributed by atoms with van der Waals surface area (Å²) < 4.78 is 25.9. The number of hydrogen-bond donors (Lipinski definition) is 10. The highest BCUT2D eigenvalue weighted by Crippen LogP contribution is 2.65. The highest BCUT2D eigenvalue weighted by molar-refractivity contribution is 8.76. The largest absolute Gasteiger partial charge is 0.508 e. The molecule has 18 heteroatoms. The molecule has 11 N–H and O–H groups in total. The summed E-state index contributed by atoms with van der Waals surface area (Å²) in [5, 5.41) is 78.3. The molecule has 0 saturated heterocycles. The molecule has 3 aromatic carbocycles. The maximum Gasteiger partial charge on any atom is 0.201 e. The van der Waals surface area contributed by atoms with Gasteiger partial charge in [-0.05, 0) is 185 Å². The van der Waals surface area contributed by atoms with E-state index in [4.69, 9.17) is 29.7 Å². The topological polar surface area (TPSA) is 250 Å². The van der Waals surface area contributed by atoms with Crippen LogP contribution >= 0.6 is 21.6 Å². The van der Waals surface area contributed by atoms with E-state index in [9.17, 15) is 35.4 Å². The van der Waals surface area contributed by atoms with E-state index in [2.05, 4.69) is 65.6 Å². The van der Waals surface area contributed by atoms with Crippen molar-refractivity contribution in [2.24, 2.45) is 57.1 Å². The van der Waals surface area contributed by atoms with E-state index in [0.717, 1.165) is 100 Å². The van der Waals surface area contributed by atoms with Gasteiger partial charge in [-0.15, -0.1) is 0 Å². The van der Waals surface area contributed by atoms with E-state index in [1.54, 1.807) is 34.8 Å². The summed E-state index contributed by atoms with van der Waals surface area (Å²) in [7, 11) is 7.26. The Bertz CT molecular complexity index is 3100. The van der Waals surface area contributed by atoms with Crippen molar-refractivity contribution in [2.75, 3.05) is 52.3 Å². The number of ketones is 1.